The van der Waals surface area contributed by atoms with E-state index in [1.165, 1.54) is 0 Å². The van der Waals surface area contributed by atoms with Gasteiger partial charge in [-0.05, 0) is 30.0 Å². The first-order chi connectivity index (χ1) is 8.85. The molecule has 0 aromatic heterocycles. The van der Waals surface area contributed by atoms with Gasteiger partial charge in [-0.15, -0.1) is 0 Å². The minimum atomic E-state index is -0.00801. The lowest BCUT2D eigenvalue weighted by Gasteiger charge is -2.24. The normalized spacial score (nSPS) is 11.2. The Labute approximate surface area is 124 Å². The molecule has 0 bridgehead atoms. The first kappa shape index (κ1) is 16.0. The van der Waals surface area contributed by atoms with Crippen molar-refractivity contribution in [1.82, 2.24) is 5.32 Å². The van der Waals surface area contributed by atoms with Crippen molar-refractivity contribution in [2.24, 2.45) is 5.41 Å². The molecule has 1 aromatic carbocycles. The number of hydrogen-bond acceptors (Lipinski definition) is 2. The molecule has 0 aliphatic heterocycles. The number of benzene rings is 1. The molecule has 0 radical (unpaired) electrons. The zero-order chi connectivity index (χ0) is 14.5. The summed E-state index contributed by atoms with van der Waals surface area (Å²) < 4.78 is 0. The molecule has 0 aliphatic carbocycles. The van der Waals surface area contributed by atoms with Crippen LogP contribution in [0.3, 0.4) is 0 Å². The highest BCUT2D eigenvalue weighted by Crippen LogP contribution is 2.20. The number of anilines is 1. The lowest BCUT2D eigenvalue weighted by Crippen LogP contribution is -2.34. The molecule has 4 heteroatoms. The lowest BCUT2D eigenvalue weighted by molar-refractivity contribution is 0.0936. The molecule has 1 amide bonds. The van der Waals surface area contributed by atoms with Crippen molar-refractivity contribution in [3.8, 4) is 0 Å². The van der Waals surface area contributed by atoms with Gasteiger partial charge in [0.2, 0.25) is 0 Å². The van der Waals surface area contributed by atoms with Gasteiger partial charge >= 0.3 is 0 Å². The van der Waals surface area contributed by atoms with Gasteiger partial charge in [0.25, 0.3) is 5.91 Å². The number of hydrogen-bond donors (Lipinski definition) is 1. The maximum atomic E-state index is 12.1. The Morgan fingerprint density at radius 1 is 1.37 bits per heavy atom. The SMILES string of the molecule is CN(C)c1cccc(C(=O)NCC(C)(C)CCBr)c1. The summed E-state index contributed by atoms with van der Waals surface area (Å²) in [5.41, 5.74) is 1.85. The minimum Gasteiger partial charge on any atom is -0.378 e. The van der Waals surface area contributed by atoms with Crippen molar-refractivity contribution in [3.63, 3.8) is 0 Å². The number of carbonyl (C=O) groups is 1. The number of carbonyl (C=O) groups excluding carboxylic acids is 1. The van der Waals surface area contributed by atoms with Crippen molar-refractivity contribution in [3.05, 3.63) is 29.8 Å². The van der Waals surface area contributed by atoms with Gasteiger partial charge in [-0.2, -0.15) is 0 Å². The summed E-state index contributed by atoms with van der Waals surface area (Å²) in [6, 6.07) is 7.66. The molecule has 0 spiro atoms. The van der Waals surface area contributed by atoms with E-state index in [1.807, 2.05) is 43.3 Å². The first-order valence-corrected chi connectivity index (χ1v) is 7.59. The van der Waals surface area contributed by atoms with Crippen LogP contribution in [0.2, 0.25) is 0 Å². The third kappa shape index (κ3) is 5.23. The third-order valence-electron chi connectivity index (χ3n) is 3.12. The van der Waals surface area contributed by atoms with E-state index in [4.69, 9.17) is 0 Å². The van der Waals surface area contributed by atoms with Crippen molar-refractivity contribution in [2.75, 3.05) is 30.9 Å². The minimum absolute atomic E-state index is 0.00801. The van der Waals surface area contributed by atoms with Crippen LogP contribution in [0.25, 0.3) is 0 Å². The van der Waals surface area contributed by atoms with Gasteiger partial charge in [-0.25, -0.2) is 0 Å². The van der Waals surface area contributed by atoms with Crippen LogP contribution in [0.1, 0.15) is 30.6 Å². The maximum absolute atomic E-state index is 12.1. The Kier molecular flexibility index (Phi) is 5.85. The average Bonchev–Trinajstić information content (AvgIpc) is 2.36. The number of amides is 1. The van der Waals surface area contributed by atoms with Crippen LogP contribution in [-0.2, 0) is 0 Å². The first-order valence-electron chi connectivity index (χ1n) is 6.47. The fourth-order valence-corrected chi connectivity index (χ4v) is 2.76. The van der Waals surface area contributed by atoms with E-state index in [9.17, 15) is 4.79 Å². The molecule has 1 aromatic rings. The second-order valence-corrected chi connectivity index (χ2v) is 6.52. The number of alkyl halides is 1. The molecule has 106 valence electrons. The lowest BCUT2D eigenvalue weighted by atomic mass is 9.90. The van der Waals surface area contributed by atoms with Gasteiger partial charge in [0, 0.05) is 37.2 Å². The van der Waals surface area contributed by atoms with Gasteiger partial charge in [0.1, 0.15) is 0 Å². The summed E-state index contributed by atoms with van der Waals surface area (Å²) in [4.78, 5) is 14.1. The summed E-state index contributed by atoms with van der Waals surface area (Å²) >= 11 is 3.44. The van der Waals surface area contributed by atoms with Crippen molar-refractivity contribution >= 4 is 27.5 Å². The molecule has 0 saturated heterocycles. The number of rotatable bonds is 6. The molecule has 19 heavy (non-hydrogen) atoms. The van der Waals surface area contributed by atoms with Gasteiger partial charge in [-0.3, -0.25) is 4.79 Å². The van der Waals surface area contributed by atoms with Crippen LogP contribution < -0.4 is 10.2 Å². The standard InChI is InChI=1S/C15H23BrN2O/c1-15(2,8-9-16)11-17-14(19)12-6-5-7-13(10-12)18(3)4/h5-7,10H,8-9,11H2,1-4H3,(H,17,19). The summed E-state index contributed by atoms with van der Waals surface area (Å²) in [5, 5.41) is 3.96. The highest BCUT2D eigenvalue weighted by Gasteiger charge is 2.18. The Hall–Kier alpha value is -1.03. The van der Waals surface area contributed by atoms with Gasteiger partial charge < -0.3 is 10.2 Å². The monoisotopic (exact) mass is 326 g/mol. The Balaban J connectivity index is 2.66. The van der Waals surface area contributed by atoms with Crippen molar-refractivity contribution in [1.29, 1.82) is 0 Å². The Morgan fingerprint density at radius 3 is 2.63 bits per heavy atom. The van der Waals surface area contributed by atoms with Crippen molar-refractivity contribution < 1.29 is 4.79 Å². The maximum Gasteiger partial charge on any atom is 0.251 e. The van der Waals surface area contributed by atoms with Gasteiger partial charge in [-0.1, -0.05) is 35.8 Å². The molecular formula is C15H23BrN2O. The molecule has 0 atom stereocenters. The Bertz CT molecular complexity index is 430. The molecule has 0 unspecified atom stereocenters. The highest BCUT2D eigenvalue weighted by atomic mass is 79.9. The molecule has 1 N–H and O–H groups in total. The van der Waals surface area contributed by atoms with Crippen LogP contribution in [0.4, 0.5) is 5.69 Å². The summed E-state index contributed by atoms with van der Waals surface area (Å²) in [5.74, 6) is -0.00801. The van der Waals surface area contributed by atoms with Crippen LogP contribution in [0, 0.1) is 5.41 Å². The van der Waals surface area contributed by atoms with E-state index in [0.717, 1.165) is 17.4 Å². The second kappa shape index (κ2) is 6.94. The smallest absolute Gasteiger partial charge is 0.251 e. The largest absolute Gasteiger partial charge is 0.378 e. The van der Waals surface area contributed by atoms with E-state index in [2.05, 4.69) is 35.1 Å². The summed E-state index contributed by atoms with van der Waals surface area (Å²) in [6.07, 6.45) is 1.03. The Morgan fingerprint density at radius 2 is 2.05 bits per heavy atom. The molecular weight excluding hydrogens is 304 g/mol. The fourth-order valence-electron chi connectivity index (χ4n) is 1.69. The second-order valence-electron chi connectivity index (χ2n) is 5.73. The van der Waals surface area contributed by atoms with Crippen LogP contribution in [0.15, 0.2) is 24.3 Å². The topological polar surface area (TPSA) is 32.3 Å². The number of nitrogens with zero attached hydrogens (tertiary/aromatic N) is 1. The third-order valence-corrected chi connectivity index (χ3v) is 3.52. The van der Waals surface area contributed by atoms with Gasteiger partial charge in [0.05, 0.1) is 0 Å². The zero-order valence-corrected chi connectivity index (χ0v) is 13.8. The predicted octanol–water partition coefficient (Wildman–Crippen LogP) is 3.29. The molecule has 0 fully saturated rings. The zero-order valence-electron chi connectivity index (χ0n) is 12.2. The molecule has 0 saturated carbocycles. The number of nitrogens with one attached hydrogen (secondary N) is 1. The number of halogens is 1. The summed E-state index contributed by atoms with van der Waals surface area (Å²) in [7, 11) is 3.94. The quantitative estimate of drug-likeness (QED) is 0.813. The van der Waals surface area contributed by atoms with Crippen LogP contribution >= 0.6 is 15.9 Å². The molecule has 1 rings (SSSR count). The average molecular weight is 327 g/mol. The van der Waals surface area contributed by atoms with Crippen LogP contribution in [-0.4, -0.2) is 31.9 Å². The van der Waals surface area contributed by atoms with Crippen LogP contribution in [0.5, 0.6) is 0 Å². The molecule has 0 heterocycles. The highest BCUT2D eigenvalue weighted by molar-refractivity contribution is 9.09. The molecule has 0 aliphatic rings. The molecule has 3 nitrogen and oxygen atoms in total. The predicted molar refractivity (Wildman–Crippen MR) is 85.3 cm³/mol. The van der Waals surface area contributed by atoms with E-state index in [0.29, 0.717) is 12.1 Å². The van der Waals surface area contributed by atoms with Gasteiger partial charge in [0.15, 0.2) is 0 Å². The van der Waals surface area contributed by atoms with E-state index < -0.39 is 0 Å². The van der Waals surface area contributed by atoms with E-state index in [-0.39, 0.29) is 11.3 Å². The fraction of sp³-hybridized carbons (Fsp3) is 0.533. The van der Waals surface area contributed by atoms with E-state index in [1.54, 1.807) is 0 Å². The summed E-state index contributed by atoms with van der Waals surface area (Å²) in [6.45, 7) is 5.00. The van der Waals surface area contributed by atoms with Crippen molar-refractivity contribution in [2.45, 2.75) is 20.3 Å². The van der Waals surface area contributed by atoms with E-state index >= 15 is 0 Å².